The number of carbonyl (C=O) groups is 1. The van der Waals surface area contributed by atoms with Gasteiger partial charge in [-0.25, -0.2) is 4.79 Å². The molecule has 108 valence electrons. The summed E-state index contributed by atoms with van der Waals surface area (Å²) in [6.07, 6.45) is 1.42. The van der Waals surface area contributed by atoms with Gasteiger partial charge in [-0.3, -0.25) is 5.32 Å². The van der Waals surface area contributed by atoms with Gasteiger partial charge in [-0.15, -0.1) is 0 Å². The van der Waals surface area contributed by atoms with Crippen molar-refractivity contribution in [1.82, 2.24) is 4.90 Å². The number of amides is 1. The average Bonchev–Trinajstić information content (AvgIpc) is 2.40. The molecule has 1 amide bonds. The van der Waals surface area contributed by atoms with E-state index in [2.05, 4.69) is 37.1 Å². The Kier molecular flexibility index (Phi) is 3.21. The van der Waals surface area contributed by atoms with Gasteiger partial charge in [0.15, 0.2) is 0 Å². The normalized spacial score (nSPS) is 21.5. The second kappa shape index (κ2) is 4.77. The number of fused-ring (bicyclic) bond motifs is 2. The Morgan fingerprint density at radius 3 is 2.65 bits per heavy atom. The van der Waals surface area contributed by atoms with Crippen LogP contribution in [-0.2, 0) is 10.3 Å². The van der Waals surface area contributed by atoms with Crippen LogP contribution in [0, 0.1) is 6.92 Å². The summed E-state index contributed by atoms with van der Waals surface area (Å²) in [7, 11) is 0. The Hall–Kier alpha value is -1.55. The number of nitrogens with one attached hydrogen (secondary N) is 1. The van der Waals surface area contributed by atoms with E-state index in [1.807, 2.05) is 12.1 Å². The van der Waals surface area contributed by atoms with Crippen molar-refractivity contribution < 1.29 is 9.53 Å². The zero-order valence-electron chi connectivity index (χ0n) is 12.4. The fraction of sp³-hybridized carbons (Fsp3) is 0.562. The summed E-state index contributed by atoms with van der Waals surface area (Å²) in [6.45, 7) is 8.44. The number of aryl methyl sites for hydroxylation is 1. The van der Waals surface area contributed by atoms with Crippen LogP contribution in [0.3, 0.4) is 0 Å². The maximum atomic E-state index is 11.9. The van der Waals surface area contributed by atoms with Gasteiger partial charge in [-0.2, -0.15) is 0 Å². The number of nitrogens with zero attached hydrogens (tertiary/aromatic N) is 1. The molecular weight excluding hydrogens is 252 g/mol. The SMILES string of the molecule is Cc1ccc2c(c1)C1(CCN(C(C)C)CC1)OC(=O)N2. The summed E-state index contributed by atoms with van der Waals surface area (Å²) in [5.74, 6) is 0. The molecule has 0 saturated carbocycles. The van der Waals surface area contributed by atoms with Gasteiger partial charge in [0.2, 0.25) is 0 Å². The summed E-state index contributed by atoms with van der Waals surface area (Å²) in [5, 5.41) is 2.82. The number of piperidine rings is 1. The minimum atomic E-state index is -0.435. The lowest BCUT2D eigenvalue weighted by Gasteiger charge is -2.45. The third kappa shape index (κ3) is 2.18. The van der Waals surface area contributed by atoms with E-state index < -0.39 is 5.60 Å². The molecule has 1 saturated heterocycles. The van der Waals surface area contributed by atoms with E-state index in [0.717, 1.165) is 37.2 Å². The first-order valence-electron chi connectivity index (χ1n) is 7.35. The Labute approximate surface area is 120 Å². The lowest BCUT2D eigenvalue weighted by molar-refractivity contribution is -0.0431. The van der Waals surface area contributed by atoms with Crippen LogP contribution in [0.5, 0.6) is 0 Å². The number of likely N-dealkylation sites (tertiary alicyclic amines) is 1. The van der Waals surface area contributed by atoms with E-state index >= 15 is 0 Å². The summed E-state index contributed by atoms with van der Waals surface area (Å²) in [6, 6.07) is 6.71. The van der Waals surface area contributed by atoms with Crippen LogP contribution in [0.15, 0.2) is 18.2 Å². The van der Waals surface area contributed by atoms with E-state index in [1.54, 1.807) is 0 Å². The highest BCUT2D eigenvalue weighted by atomic mass is 16.6. The van der Waals surface area contributed by atoms with Gasteiger partial charge in [0.1, 0.15) is 5.60 Å². The number of rotatable bonds is 1. The Balaban J connectivity index is 1.95. The standard InChI is InChI=1S/C16H22N2O2/c1-11(2)18-8-6-16(7-9-18)13-10-12(3)4-5-14(13)17-15(19)20-16/h4-5,10-11H,6-9H2,1-3H3,(H,17,19). The Morgan fingerprint density at radius 2 is 2.00 bits per heavy atom. The van der Waals surface area contributed by atoms with Gasteiger partial charge in [-0.1, -0.05) is 11.6 Å². The molecule has 1 N–H and O–H groups in total. The summed E-state index contributed by atoms with van der Waals surface area (Å²) < 4.78 is 5.75. The number of benzene rings is 1. The number of hydrogen-bond donors (Lipinski definition) is 1. The second-order valence-electron chi connectivity index (χ2n) is 6.19. The van der Waals surface area contributed by atoms with Crippen LogP contribution in [0.4, 0.5) is 10.5 Å². The molecule has 2 aliphatic rings. The molecule has 2 aliphatic heterocycles. The molecule has 1 spiro atoms. The van der Waals surface area contributed by atoms with Crippen molar-refractivity contribution in [2.24, 2.45) is 0 Å². The highest BCUT2D eigenvalue weighted by molar-refractivity contribution is 5.89. The number of hydrogen-bond acceptors (Lipinski definition) is 3. The predicted octanol–water partition coefficient (Wildman–Crippen LogP) is 3.26. The van der Waals surface area contributed by atoms with E-state index in [1.165, 1.54) is 5.56 Å². The van der Waals surface area contributed by atoms with Crippen LogP contribution in [-0.4, -0.2) is 30.1 Å². The highest BCUT2D eigenvalue weighted by Gasteiger charge is 2.44. The zero-order chi connectivity index (χ0) is 14.3. The van der Waals surface area contributed by atoms with Gasteiger partial charge in [0.05, 0.1) is 5.69 Å². The van der Waals surface area contributed by atoms with Crippen molar-refractivity contribution in [3.63, 3.8) is 0 Å². The highest BCUT2D eigenvalue weighted by Crippen LogP contribution is 2.43. The van der Waals surface area contributed by atoms with E-state index in [9.17, 15) is 4.79 Å². The number of ether oxygens (including phenoxy) is 1. The molecule has 0 aromatic heterocycles. The first-order chi connectivity index (χ1) is 9.50. The monoisotopic (exact) mass is 274 g/mol. The molecule has 1 fully saturated rings. The van der Waals surface area contributed by atoms with Gasteiger partial charge in [0, 0.05) is 37.5 Å². The molecule has 4 nitrogen and oxygen atoms in total. The largest absolute Gasteiger partial charge is 0.438 e. The predicted molar refractivity (Wildman–Crippen MR) is 78.9 cm³/mol. The van der Waals surface area contributed by atoms with Crippen LogP contribution in [0.25, 0.3) is 0 Å². The maximum absolute atomic E-state index is 11.9. The second-order valence-corrected chi connectivity index (χ2v) is 6.19. The van der Waals surface area contributed by atoms with E-state index in [0.29, 0.717) is 6.04 Å². The zero-order valence-corrected chi connectivity index (χ0v) is 12.4. The maximum Gasteiger partial charge on any atom is 0.412 e. The summed E-state index contributed by atoms with van der Waals surface area (Å²) >= 11 is 0. The quantitative estimate of drug-likeness (QED) is 0.854. The van der Waals surface area contributed by atoms with E-state index in [4.69, 9.17) is 4.74 Å². The molecule has 0 radical (unpaired) electrons. The average molecular weight is 274 g/mol. The van der Waals surface area contributed by atoms with Crippen LogP contribution in [0.2, 0.25) is 0 Å². The minimum Gasteiger partial charge on any atom is -0.438 e. The molecule has 4 heteroatoms. The van der Waals surface area contributed by atoms with Crippen molar-refractivity contribution >= 4 is 11.8 Å². The minimum absolute atomic E-state index is 0.320. The third-order valence-corrected chi connectivity index (χ3v) is 4.53. The summed E-state index contributed by atoms with van der Waals surface area (Å²) in [5.41, 5.74) is 2.81. The molecule has 1 aromatic carbocycles. The molecule has 0 atom stereocenters. The van der Waals surface area contributed by atoms with Gasteiger partial charge in [-0.05, 0) is 32.9 Å². The molecule has 0 unspecified atom stereocenters. The van der Waals surface area contributed by atoms with Crippen molar-refractivity contribution in [3.8, 4) is 0 Å². The molecule has 2 heterocycles. The fourth-order valence-corrected chi connectivity index (χ4v) is 3.28. The van der Waals surface area contributed by atoms with Gasteiger partial charge >= 0.3 is 6.09 Å². The lowest BCUT2D eigenvalue weighted by Crippen LogP contribution is -2.49. The number of anilines is 1. The van der Waals surface area contributed by atoms with Crippen molar-refractivity contribution in [1.29, 1.82) is 0 Å². The van der Waals surface area contributed by atoms with Crippen LogP contribution >= 0.6 is 0 Å². The molecule has 3 rings (SSSR count). The topological polar surface area (TPSA) is 41.6 Å². The van der Waals surface area contributed by atoms with Crippen LogP contribution in [0.1, 0.15) is 37.8 Å². The Morgan fingerprint density at radius 1 is 1.30 bits per heavy atom. The first-order valence-corrected chi connectivity index (χ1v) is 7.35. The third-order valence-electron chi connectivity index (χ3n) is 4.53. The molecule has 0 aliphatic carbocycles. The van der Waals surface area contributed by atoms with Crippen molar-refractivity contribution in [2.45, 2.75) is 45.3 Å². The fourth-order valence-electron chi connectivity index (χ4n) is 3.28. The molecular formula is C16H22N2O2. The number of carbonyl (C=O) groups excluding carboxylic acids is 1. The van der Waals surface area contributed by atoms with Crippen molar-refractivity contribution in [3.05, 3.63) is 29.3 Å². The van der Waals surface area contributed by atoms with Gasteiger partial charge < -0.3 is 9.64 Å². The van der Waals surface area contributed by atoms with Gasteiger partial charge in [0.25, 0.3) is 0 Å². The molecule has 20 heavy (non-hydrogen) atoms. The summed E-state index contributed by atoms with van der Waals surface area (Å²) in [4.78, 5) is 14.3. The molecule has 0 bridgehead atoms. The first kappa shape index (κ1) is 13.4. The van der Waals surface area contributed by atoms with Crippen LogP contribution < -0.4 is 5.32 Å². The lowest BCUT2D eigenvalue weighted by atomic mass is 9.81. The van der Waals surface area contributed by atoms with E-state index in [-0.39, 0.29) is 6.09 Å². The smallest absolute Gasteiger partial charge is 0.412 e. The Bertz CT molecular complexity index is 531. The van der Waals surface area contributed by atoms with Crippen molar-refractivity contribution in [2.75, 3.05) is 18.4 Å². The molecule has 1 aromatic rings.